The lowest BCUT2D eigenvalue weighted by Crippen LogP contribution is -2.38. The van der Waals surface area contributed by atoms with E-state index in [4.69, 9.17) is 14.5 Å². The van der Waals surface area contributed by atoms with Crippen LogP contribution in [0.4, 0.5) is 29.2 Å². The maximum absolute atomic E-state index is 13.5. The topological polar surface area (TPSA) is 133 Å². The predicted molar refractivity (Wildman–Crippen MR) is 232 cm³/mol. The number of hydrogen-bond donors (Lipinski definition) is 2. The summed E-state index contributed by atoms with van der Waals surface area (Å²) in [6.45, 7) is 17.0. The van der Waals surface area contributed by atoms with Gasteiger partial charge in [-0.05, 0) is 98.6 Å². The number of anilines is 2. The second-order valence-electron chi connectivity index (χ2n) is 16.8. The van der Waals surface area contributed by atoms with Crippen LogP contribution in [-0.2, 0) is 9.47 Å². The molecule has 13 nitrogen and oxygen atoms in total. The predicted octanol–water partition coefficient (Wildman–Crippen LogP) is 9.57. The number of nitrogens with zero attached hydrogens (tertiary/aromatic N) is 9. The molecule has 4 aromatic rings. The normalized spacial score (nSPS) is 20.7. The first-order chi connectivity index (χ1) is 29.0. The zero-order valence-corrected chi connectivity index (χ0v) is 38.0. The number of ether oxygens (including phenoxy) is 2. The highest BCUT2D eigenvalue weighted by atomic mass is 79.9. The van der Waals surface area contributed by atoms with Crippen LogP contribution >= 0.6 is 15.9 Å². The smallest absolute Gasteiger partial charge is 0.253 e. The fraction of sp³-hybridized carbons (Fsp3) is 0.674. The number of morpholine rings is 1. The van der Waals surface area contributed by atoms with E-state index in [9.17, 15) is 17.6 Å². The minimum atomic E-state index is -2.55. The second kappa shape index (κ2) is 21.1. The summed E-state index contributed by atoms with van der Waals surface area (Å²) in [5, 5.41) is 15.7. The van der Waals surface area contributed by atoms with E-state index >= 15 is 0 Å². The fourth-order valence-electron chi connectivity index (χ4n) is 7.95. The Morgan fingerprint density at radius 2 is 1.05 bits per heavy atom. The van der Waals surface area contributed by atoms with Crippen molar-refractivity contribution >= 4 is 27.6 Å². The molecule has 4 fully saturated rings. The minimum absolute atomic E-state index is 0.00121. The molecule has 2 saturated heterocycles. The maximum atomic E-state index is 13.5. The number of halogens is 5. The van der Waals surface area contributed by atoms with Gasteiger partial charge in [0.15, 0.2) is 0 Å². The molecule has 6 heterocycles. The average molecular weight is 921 g/mol. The Kier molecular flexibility index (Phi) is 16.2. The van der Waals surface area contributed by atoms with E-state index in [1.54, 1.807) is 9.36 Å². The Balaban J connectivity index is 0.000000181. The van der Waals surface area contributed by atoms with Crippen LogP contribution in [-0.4, -0.2) is 108 Å². The highest BCUT2D eigenvalue weighted by Gasteiger charge is 2.36. The van der Waals surface area contributed by atoms with Crippen molar-refractivity contribution in [1.82, 2.24) is 44.4 Å². The molecular weight excluding hydrogens is 858 g/mol. The molecule has 0 bridgehead atoms. The molecule has 4 aliphatic rings. The molecule has 2 atom stereocenters. The fourth-order valence-corrected chi connectivity index (χ4v) is 8.18. The lowest BCUT2D eigenvalue weighted by molar-refractivity contribution is -0.0366. The summed E-state index contributed by atoms with van der Waals surface area (Å²) in [6, 6.07) is 7.83. The lowest BCUT2D eigenvalue weighted by Gasteiger charge is -2.32. The molecule has 2 saturated carbocycles. The maximum Gasteiger partial charge on any atom is 0.253 e. The van der Waals surface area contributed by atoms with Gasteiger partial charge in [-0.2, -0.15) is 20.2 Å². The highest BCUT2D eigenvalue weighted by molar-refractivity contribution is 9.09. The van der Waals surface area contributed by atoms with Crippen LogP contribution in [0.3, 0.4) is 0 Å². The van der Waals surface area contributed by atoms with Gasteiger partial charge in [-0.15, -0.1) is 0 Å². The third kappa shape index (κ3) is 13.6. The van der Waals surface area contributed by atoms with Crippen LogP contribution in [0.15, 0.2) is 24.3 Å². The van der Waals surface area contributed by atoms with Gasteiger partial charge in [-0.25, -0.2) is 36.9 Å². The summed E-state index contributed by atoms with van der Waals surface area (Å²) < 4.78 is 67.8. The summed E-state index contributed by atoms with van der Waals surface area (Å²) in [5.74, 6) is -2.78. The molecule has 2 N–H and O–H groups in total. The van der Waals surface area contributed by atoms with E-state index < -0.39 is 11.8 Å². The van der Waals surface area contributed by atoms with Crippen molar-refractivity contribution in [1.29, 1.82) is 0 Å². The molecule has 2 aliphatic carbocycles. The highest BCUT2D eigenvalue weighted by Crippen LogP contribution is 2.36. The quantitative estimate of drug-likeness (QED) is 0.123. The molecule has 2 unspecified atom stereocenters. The van der Waals surface area contributed by atoms with E-state index in [2.05, 4.69) is 63.5 Å². The van der Waals surface area contributed by atoms with E-state index in [1.165, 1.54) is 19.3 Å². The number of aryl methyl sites for hydroxylation is 4. The van der Waals surface area contributed by atoms with Crippen LogP contribution < -0.4 is 10.6 Å². The van der Waals surface area contributed by atoms with Gasteiger partial charge in [0.1, 0.15) is 11.6 Å². The molecule has 2 aliphatic heterocycles. The van der Waals surface area contributed by atoms with Crippen molar-refractivity contribution in [3.8, 4) is 11.9 Å². The van der Waals surface area contributed by atoms with Crippen LogP contribution in [0.2, 0.25) is 0 Å². The van der Waals surface area contributed by atoms with Crippen molar-refractivity contribution in [3.63, 3.8) is 0 Å². The standard InChI is InChI=1S/C21H30F2N6O.C17H22BrF2N5.C5H10O/c1-14-12-15(2)29(27-14)20-25-18(16(3)28-8-10-30-11-9-28)13-19(26-20)24-17-4-6-21(22,23)7-5-17;1-10-8-11(2)25(24-10)16-22-14(12(3)18)9-15(23-16)21-13-4-6-17(19,20)7-5-13;1-2-4-6-5-3-1/h12-13,16-17H,4-11H2,1-3H3,(H,24,25,26);8-9,12-13H,4-7H2,1-3H3,(H,21,22,23);1-5H2. The summed E-state index contributed by atoms with van der Waals surface area (Å²) in [7, 11) is 0. The Hall–Kier alpha value is -3.74. The number of alkyl halides is 5. The third-order valence-electron chi connectivity index (χ3n) is 11.5. The van der Waals surface area contributed by atoms with Crippen LogP contribution in [0, 0.1) is 27.7 Å². The number of aromatic nitrogens is 8. The van der Waals surface area contributed by atoms with Crippen LogP contribution in [0.1, 0.15) is 130 Å². The molecule has 0 aromatic carbocycles. The molecule has 61 heavy (non-hydrogen) atoms. The van der Waals surface area contributed by atoms with Gasteiger partial charge >= 0.3 is 0 Å². The molecule has 0 radical (unpaired) electrons. The first-order valence-corrected chi connectivity index (χ1v) is 22.6. The number of rotatable bonds is 9. The Bertz CT molecular complexity index is 1990. The third-order valence-corrected chi connectivity index (χ3v) is 12.0. The van der Waals surface area contributed by atoms with Crippen molar-refractivity contribution in [2.24, 2.45) is 0 Å². The summed E-state index contributed by atoms with van der Waals surface area (Å²) in [5.41, 5.74) is 5.39. The van der Waals surface area contributed by atoms with E-state index in [-0.39, 0.29) is 48.6 Å². The van der Waals surface area contributed by atoms with E-state index in [0.717, 1.165) is 60.5 Å². The Labute approximate surface area is 365 Å². The van der Waals surface area contributed by atoms with Gasteiger partial charge < -0.3 is 20.1 Å². The van der Waals surface area contributed by atoms with Crippen molar-refractivity contribution < 1.29 is 27.0 Å². The first-order valence-electron chi connectivity index (χ1n) is 21.7. The SMILES string of the molecule is C1CCOCC1.Cc1cc(C)n(-c2nc(NC3CCC(F)(F)CC3)cc(C(C)Br)n2)n1.Cc1cc(C)n(-c2nc(NC3CCC(F)(F)CC3)cc(C(C)N3CCOCC3)n2)n1. The van der Waals surface area contributed by atoms with Gasteiger partial charge in [0.05, 0.1) is 40.8 Å². The summed E-state index contributed by atoms with van der Waals surface area (Å²) >= 11 is 3.54. The lowest BCUT2D eigenvalue weighted by atomic mass is 9.92. The average Bonchev–Trinajstić information content (AvgIpc) is 3.78. The minimum Gasteiger partial charge on any atom is -0.381 e. The summed E-state index contributed by atoms with van der Waals surface area (Å²) in [4.78, 5) is 21.0. The largest absolute Gasteiger partial charge is 0.381 e. The van der Waals surface area contributed by atoms with Crippen molar-refractivity contribution in [2.45, 2.75) is 147 Å². The number of hydrogen-bond acceptors (Lipinski definition) is 11. The monoisotopic (exact) mass is 919 g/mol. The molecule has 4 aromatic heterocycles. The summed E-state index contributed by atoms with van der Waals surface area (Å²) in [6.07, 6.45) is 5.33. The second-order valence-corrected chi connectivity index (χ2v) is 18.2. The van der Waals surface area contributed by atoms with Gasteiger partial charge in [-0.1, -0.05) is 15.9 Å². The van der Waals surface area contributed by atoms with E-state index in [1.807, 2.05) is 58.9 Å². The van der Waals surface area contributed by atoms with Crippen molar-refractivity contribution in [3.05, 3.63) is 58.4 Å². The first kappa shape index (κ1) is 46.8. The molecule has 0 spiro atoms. The van der Waals surface area contributed by atoms with Crippen molar-refractivity contribution in [2.75, 3.05) is 50.2 Å². The van der Waals surface area contributed by atoms with Crippen LogP contribution in [0.5, 0.6) is 0 Å². The van der Waals surface area contributed by atoms with Gasteiger partial charge in [0.25, 0.3) is 11.9 Å². The van der Waals surface area contributed by atoms with Gasteiger partial charge in [-0.3, -0.25) is 4.90 Å². The van der Waals surface area contributed by atoms with Gasteiger partial charge in [0, 0.05) is 93.6 Å². The van der Waals surface area contributed by atoms with Crippen LogP contribution in [0.25, 0.3) is 11.9 Å². The Morgan fingerprint density at radius 1 is 0.623 bits per heavy atom. The zero-order valence-electron chi connectivity index (χ0n) is 36.4. The van der Waals surface area contributed by atoms with Gasteiger partial charge in [0.2, 0.25) is 11.8 Å². The zero-order chi connectivity index (χ0) is 43.7. The molecular formula is C43H62BrF4N11O2. The van der Waals surface area contributed by atoms with E-state index in [0.29, 0.717) is 62.4 Å². The number of nitrogens with one attached hydrogen (secondary N) is 2. The molecule has 0 amide bonds. The molecule has 18 heteroatoms. The molecule has 8 rings (SSSR count). The molecule has 336 valence electrons. The Morgan fingerprint density at radius 3 is 1.43 bits per heavy atom.